The molecule has 4 aliphatic carbocycles. The number of nitrogens with one attached hydrogen (secondary N) is 1. The van der Waals surface area contributed by atoms with E-state index in [0.29, 0.717) is 29.4 Å². The number of nitriles is 1. The average Bonchev–Trinajstić information content (AvgIpc) is 3.14. The van der Waals surface area contributed by atoms with Crippen LogP contribution in [0.2, 0.25) is 0 Å². The van der Waals surface area contributed by atoms with Gasteiger partial charge in [0.05, 0.1) is 6.07 Å². The van der Waals surface area contributed by atoms with E-state index in [4.69, 9.17) is 0 Å². The van der Waals surface area contributed by atoms with Gasteiger partial charge in [-0.05, 0) is 68.1 Å². The molecule has 0 aliphatic heterocycles. The lowest BCUT2D eigenvalue weighted by Crippen LogP contribution is -2.46. The molecule has 0 heterocycles. The minimum atomic E-state index is 0.0251. The van der Waals surface area contributed by atoms with Crippen LogP contribution in [0.15, 0.2) is 12.2 Å². The molecule has 3 heteroatoms. The molecule has 0 aromatic heterocycles. The fraction of sp³-hybridized carbons (Fsp3) is 0.765. The number of amides is 1. The molecule has 1 N–H and O–H groups in total. The van der Waals surface area contributed by atoms with Crippen molar-refractivity contribution in [1.29, 1.82) is 5.26 Å². The van der Waals surface area contributed by atoms with Crippen LogP contribution in [-0.2, 0) is 4.79 Å². The molecule has 106 valence electrons. The van der Waals surface area contributed by atoms with Gasteiger partial charge in [-0.3, -0.25) is 4.79 Å². The molecule has 4 bridgehead atoms. The van der Waals surface area contributed by atoms with Gasteiger partial charge in [0.1, 0.15) is 0 Å². The van der Waals surface area contributed by atoms with Crippen LogP contribution in [-0.4, -0.2) is 11.9 Å². The molecule has 8 atom stereocenters. The van der Waals surface area contributed by atoms with E-state index in [1.54, 1.807) is 6.92 Å². The van der Waals surface area contributed by atoms with Crippen molar-refractivity contribution in [2.75, 3.05) is 0 Å². The second-order valence-corrected chi connectivity index (χ2v) is 7.54. The molecular formula is C17H22N2O. The van der Waals surface area contributed by atoms with Gasteiger partial charge >= 0.3 is 0 Å². The molecule has 8 unspecified atom stereocenters. The summed E-state index contributed by atoms with van der Waals surface area (Å²) in [6, 6.07) is 2.91. The van der Waals surface area contributed by atoms with E-state index in [9.17, 15) is 10.1 Å². The molecule has 0 saturated heterocycles. The van der Waals surface area contributed by atoms with Crippen molar-refractivity contribution in [1.82, 2.24) is 5.32 Å². The monoisotopic (exact) mass is 270 g/mol. The Balaban J connectivity index is 1.52. The smallest absolute Gasteiger partial charge is 0.246 e. The molecule has 0 aromatic rings. The van der Waals surface area contributed by atoms with E-state index in [1.165, 1.54) is 12.8 Å². The Kier molecular flexibility index (Phi) is 2.55. The molecule has 3 nitrogen and oxygen atoms in total. The van der Waals surface area contributed by atoms with E-state index >= 15 is 0 Å². The fourth-order valence-corrected chi connectivity index (χ4v) is 6.21. The highest BCUT2D eigenvalue weighted by atomic mass is 16.1. The quantitative estimate of drug-likeness (QED) is 0.619. The zero-order valence-electron chi connectivity index (χ0n) is 12.0. The third-order valence-corrected chi connectivity index (χ3v) is 6.69. The first kappa shape index (κ1) is 12.4. The van der Waals surface area contributed by atoms with Crippen LogP contribution in [0.5, 0.6) is 0 Å². The van der Waals surface area contributed by atoms with Gasteiger partial charge in [0.25, 0.3) is 0 Å². The van der Waals surface area contributed by atoms with Crippen molar-refractivity contribution in [3.05, 3.63) is 12.2 Å². The van der Waals surface area contributed by atoms with E-state index in [1.807, 2.05) is 0 Å². The van der Waals surface area contributed by atoms with Crippen molar-refractivity contribution >= 4 is 5.91 Å². The molecule has 4 aliphatic rings. The Labute approximate surface area is 120 Å². The predicted octanol–water partition coefficient (Wildman–Crippen LogP) is 2.50. The standard InChI is InChI=1S/C17H22N2O/c1-8(2)17(20)19-14-6-10-5-13(14)16-9-3-11(7-18)12(4-9)15(10)16/h9-16H,1,3-6H2,2H3,(H,19,20). The molecule has 4 rings (SSSR count). The molecule has 20 heavy (non-hydrogen) atoms. The van der Waals surface area contributed by atoms with Crippen LogP contribution in [0.25, 0.3) is 0 Å². The maximum Gasteiger partial charge on any atom is 0.246 e. The molecule has 4 fully saturated rings. The molecule has 1 amide bonds. The molecular weight excluding hydrogens is 248 g/mol. The van der Waals surface area contributed by atoms with Crippen molar-refractivity contribution in [3.8, 4) is 6.07 Å². The zero-order valence-corrected chi connectivity index (χ0v) is 12.0. The van der Waals surface area contributed by atoms with Gasteiger partial charge in [0.15, 0.2) is 0 Å². The number of hydrogen-bond donors (Lipinski definition) is 1. The number of carbonyl (C=O) groups excluding carboxylic acids is 1. The number of fused-ring (bicyclic) bond motifs is 9. The highest BCUT2D eigenvalue weighted by Crippen LogP contribution is 2.68. The maximum absolute atomic E-state index is 11.9. The van der Waals surface area contributed by atoms with Crippen LogP contribution >= 0.6 is 0 Å². The first-order valence-corrected chi connectivity index (χ1v) is 7.96. The molecule has 4 saturated carbocycles. The van der Waals surface area contributed by atoms with Gasteiger partial charge in [-0.25, -0.2) is 0 Å². The number of rotatable bonds is 2. The lowest BCUT2D eigenvalue weighted by molar-refractivity contribution is -0.118. The second kappa shape index (κ2) is 4.10. The Morgan fingerprint density at radius 3 is 2.50 bits per heavy atom. The topological polar surface area (TPSA) is 52.9 Å². The van der Waals surface area contributed by atoms with Crippen LogP contribution in [0, 0.1) is 52.8 Å². The lowest BCUT2D eigenvalue weighted by atomic mass is 9.66. The SMILES string of the molecule is C=C(C)C(=O)NC1CC2CC1C1C3CC(C#N)C(C3)C21. The third kappa shape index (κ3) is 1.48. The van der Waals surface area contributed by atoms with Gasteiger partial charge < -0.3 is 5.32 Å². The van der Waals surface area contributed by atoms with Gasteiger partial charge in [0.2, 0.25) is 5.91 Å². The Hall–Kier alpha value is -1.30. The summed E-state index contributed by atoms with van der Waals surface area (Å²) >= 11 is 0. The van der Waals surface area contributed by atoms with Gasteiger partial charge in [-0.2, -0.15) is 5.26 Å². The van der Waals surface area contributed by atoms with Crippen LogP contribution in [0.1, 0.15) is 32.6 Å². The summed E-state index contributed by atoms with van der Waals surface area (Å²) < 4.78 is 0. The van der Waals surface area contributed by atoms with Crippen LogP contribution < -0.4 is 5.32 Å². The van der Waals surface area contributed by atoms with E-state index in [-0.39, 0.29) is 5.91 Å². The first-order valence-electron chi connectivity index (χ1n) is 7.96. The fourth-order valence-electron chi connectivity index (χ4n) is 6.21. The Morgan fingerprint density at radius 1 is 1.15 bits per heavy atom. The van der Waals surface area contributed by atoms with E-state index < -0.39 is 0 Å². The van der Waals surface area contributed by atoms with Gasteiger partial charge in [-0.1, -0.05) is 6.58 Å². The summed E-state index contributed by atoms with van der Waals surface area (Å²) in [5.41, 5.74) is 0.613. The Morgan fingerprint density at radius 2 is 1.80 bits per heavy atom. The van der Waals surface area contributed by atoms with Crippen molar-refractivity contribution in [2.45, 2.75) is 38.6 Å². The summed E-state index contributed by atoms with van der Waals surface area (Å²) in [5.74, 6) is 4.79. The molecule has 0 spiro atoms. The van der Waals surface area contributed by atoms with Crippen LogP contribution in [0.4, 0.5) is 0 Å². The minimum Gasteiger partial charge on any atom is -0.349 e. The summed E-state index contributed by atoms with van der Waals surface area (Å²) in [7, 11) is 0. The normalized spacial score (nSPS) is 50.8. The molecule has 0 aromatic carbocycles. The minimum absolute atomic E-state index is 0.0251. The third-order valence-electron chi connectivity index (χ3n) is 6.69. The summed E-state index contributed by atoms with van der Waals surface area (Å²) in [4.78, 5) is 11.9. The molecule has 0 radical (unpaired) electrons. The second-order valence-electron chi connectivity index (χ2n) is 7.54. The first-order chi connectivity index (χ1) is 9.60. The van der Waals surface area contributed by atoms with Crippen molar-refractivity contribution in [2.24, 2.45) is 41.4 Å². The highest BCUT2D eigenvalue weighted by Gasteiger charge is 2.64. The highest BCUT2D eigenvalue weighted by molar-refractivity contribution is 5.92. The average molecular weight is 270 g/mol. The number of hydrogen-bond acceptors (Lipinski definition) is 2. The maximum atomic E-state index is 11.9. The largest absolute Gasteiger partial charge is 0.349 e. The van der Waals surface area contributed by atoms with Crippen LogP contribution in [0.3, 0.4) is 0 Å². The zero-order chi connectivity index (χ0) is 14.0. The van der Waals surface area contributed by atoms with Crippen molar-refractivity contribution in [3.63, 3.8) is 0 Å². The summed E-state index contributed by atoms with van der Waals surface area (Å²) in [6.45, 7) is 5.51. The summed E-state index contributed by atoms with van der Waals surface area (Å²) in [5, 5.41) is 12.5. The summed E-state index contributed by atoms with van der Waals surface area (Å²) in [6.07, 6.45) is 4.81. The van der Waals surface area contributed by atoms with Crippen molar-refractivity contribution < 1.29 is 4.79 Å². The lowest BCUT2D eigenvalue weighted by Gasteiger charge is -2.40. The van der Waals surface area contributed by atoms with Gasteiger partial charge in [-0.15, -0.1) is 0 Å². The Bertz CT molecular complexity index is 520. The predicted molar refractivity (Wildman–Crippen MR) is 75.3 cm³/mol. The van der Waals surface area contributed by atoms with E-state index in [0.717, 1.165) is 36.5 Å². The van der Waals surface area contributed by atoms with E-state index in [2.05, 4.69) is 18.0 Å². The van der Waals surface area contributed by atoms with Gasteiger partial charge in [0, 0.05) is 17.5 Å². The number of nitrogens with zero attached hydrogens (tertiary/aromatic N) is 1. The number of carbonyl (C=O) groups is 1.